The average Bonchev–Trinajstić information content (AvgIpc) is 3.19. The van der Waals surface area contributed by atoms with Gasteiger partial charge in [0, 0.05) is 6.20 Å². The summed E-state index contributed by atoms with van der Waals surface area (Å²) in [6.07, 6.45) is -1.31. The van der Waals surface area contributed by atoms with E-state index in [1.165, 1.54) is 6.07 Å². The molecule has 0 N–H and O–H groups in total. The van der Waals surface area contributed by atoms with Crippen molar-refractivity contribution in [3.63, 3.8) is 0 Å². The Balaban J connectivity index is 1.62. The molecule has 0 atom stereocenters. The standard InChI is InChI=1S/C17H10F5N3O2/c18-9-2-1-3-10(19)12(9)17(4-5-17)27-15-11(20)6-8(7-23-15)14-24-25-16(26-14)13(21)22/h1-3,6-7,13H,4-5H2. The van der Waals surface area contributed by atoms with Crippen molar-refractivity contribution in [3.8, 4) is 17.3 Å². The summed E-state index contributed by atoms with van der Waals surface area (Å²) in [4.78, 5) is 3.76. The Morgan fingerprint density at radius 1 is 1.04 bits per heavy atom. The van der Waals surface area contributed by atoms with E-state index in [1.807, 2.05) is 0 Å². The van der Waals surface area contributed by atoms with Crippen molar-refractivity contribution in [2.75, 3.05) is 0 Å². The third-order valence-corrected chi connectivity index (χ3v) is 4.10. The lowest BCUT2D eigenvalue weighted by atomic mass is 10.1. The van der Waals surface area contributed by atoms with Crippen LogP contribution in [0.2, 0.25) is 0 Å². The molecule has 4 rings (SSSR count). The Labute approximate surface area is 148 Å². The maximum absolute atomic E-state index is 14.4. The summed E-state index contributed by atoms with van der Waals surface area (Å²) in [5.74, 6) is -4.29. The highest BCUT2D eigenvalue weighted by molar-refractivity contribution is 5.52. The van der Waals surface area contributed by atoms with Crippen molar-refractivity contribution in [2.45, 2.75) is 24.9 Å². The molecule has 0 amide bonds. The van der Waals surface area contributed by atoms with Gasteiger partial charge in [-0.3, -0.25) is 0 Å². The van der Waals surface area contributed by atoms with Gasteiger partial charge in [0.1, 0.15) is 17.2 Å². The number of hydrogen-bond donors (Lipinski definition) is 0. The summed E-state index contributed by atoms with van der Waals surface area (Å²) in [6.45, 7) is 0. The lowest BCUT2D eigenvalue weighted by molar-refractivity contribution is 0.116. The highest BCUT2D eigenvalue weighted by atomic mass is 19.3. The van der Waals surface area contributed by atoms with Gasteiger partial charge in [-0.1, -0.05) is 6.07 Å². The Morgan fingerprint density at radius 3 is 2.30 bits per heavy atom. The SMILES string of the molecule is Fc1cc(-c2nnc(C(F)F)o2)cnc1OC1(c2c(F)cccc2F)CC1. The van der Waals surface area contributed by atoms with Gasteiger partial charge in [-0.25, -0.2) is 18.2 Å². The zero-order chi connectivity index (χ0) is 19.2. The predicted octanol–water partition coefficient (Wildman–Crippen LogP) is 4.55. The van der Waals surface area contributed by atoms with E-state index in [1.54, 1.807) is 0 Å². The fourth-order valence-corrected chi connectivity index (χ4v) is 2.69. The number of pyridine rings is 1. The van der Waals surface area contributed by atoms with Crippen LogP contribution in [0, 0.1) is 17.5 Å². The van der Waals surface area contributed by atoms with Crippen LogP contribution >= 0.6 is 0 Å². The molecule has 2 heterocycles. The summed E-state index contributed by atoms with van der Waals surface area (Å²) in [7, 11) is 0. The summed E-state index contributed by atoms with van der Waals surface area (Å²) in [6, 6.07) is 4.30. The second-order valence-electron chi connectivity index (χ2n) is 5.95. The maximum Gasteiger partial charge on any atom is 0.314 e. The molecule has 1 fully saturated rings. The molecular formula is C17H10F5N3O2. The first-order valence-corrected chi connectivity index (χ1v) is 7.80. The van der Waals surface area contributed by atoms with Crippen LogP contribution in [0.25, 0.3) is 11.5 Å². The molecular weight excluding hydrogens is 373 g/mol. The Bertz CT molecular complexity index is 984. The van der Waals surface area contributed by atoms with Crippen molar-refractivity contribution in [3.05, 3.63) is 59.4 Å². The van der Waals surface area contributed by atoms with Crippen LogP contribution in [0.4, 0.5) is 22.0 Å². The van der Waals surface area contributed by atoms with Gasteiger partial charge in [-0.15, -0.1) is 10.2 Å². The topological polar surface area (TPSA) is 61.0 Å². The minimum Gasteiger partial charge on any atom is -0.464 e. The van der Waals surface area contributed by atoms with E-state index in [4.69, 9.17) is 9.15 Å². The maximum atomic E-state index is 14.4. The highest BCUT2D eigenvalue weighted by Gasteiger charge is 2.51. The number of ether oxygens (including phenoxy) is 1. The van der Waals surface area contributed by atoms with Crippen molar-refractivity contribution >= 4 is 0 Å². The van der Waals surface area contributed by atoms with Gasteiger partial charge in [0.05, 0.1) is 11.1 Å². The van der Waals surface area contributed by atoms with E-state index in [-0.39, 0.29) is 29.9 Å². The summed E-state index contributed by atoms with van der Waals surface area (Å²) in [5, 5.41) is 6.53. The molecule has 1 aliphatic rings. The van der Waals surface area contributed by atoms with Gasteiger partial charge in [-0.2, -0.15) is 8.78 Å². The van der Waals surface area contributed by atoms with Crippen molar-refractivity contribution in [2.24, 2.45) is 0 Å². The third kappa shape index (κ3) is 3.11. The second-order valence-corrected chi connectivity index (χ2v) is 5.95. The van der Waals surface area contributed by atoms with Crippen LogP contribution < -0.4 is 4.74 Å². The number of benzene rings is 1. The largest absolute Gasteiger partial charge is 0.464 e. The number of hydrogen-bond acceptors (Lipinski definition) is 5. The van der Waals surface area contributed by atoms with Gasteiger partial charge >= 0.3 is 6.43 Å². The quantitative estimate of drug-likeness (QED) is 0.605. The van der Waals surface area contributed by atoms with Crippen LogP contribution in [-0.4, -0.2) is 15.2 Å². The minimum atomic E-state index is -2.96. The van der Waals surface area contributed by atoms with E-state index in [9.17, 15) is 22.0 Å². The zero-order valence-electron chi connectivity index (χ0n) is 13.4. The molecule has 5 nitrogen and oxygen atoms in total. The summed E-state index contributed by atoms with van der Waals surface area (Å²) >= 11 is 0. The van der Waals surface area contributed by atoms with Crippen LogP contribution in [0.15, 0.2) is 34.9 Å². The van der Waals surface area contributed by atoms with E-state index in [0.29, 0.717) is 0 Å². The van der Waals surface area contributed by atoms with E-state index < -0.39 is 41.2 Å². The van der Waals surface area contributed by atoms with Crippen LogP contribution in [0.1, 0.15) is 30.7 Å². The number of halogens is 5. The molecule has 0 spiro atoms. The Morgan fingerprint density at radius 2 is 1.74 bits per heavy atom. The molecule has 27 heavy (non-hydrogen) atoms. The van der Waals surface area contributed by atoms with Gasteiger partial charge in [0.2, 0.25) is 5.89 Å². The van der Waals surface area contributed by atoms with Gasteiger partial charge in [0.15, 0.2) is 5.82 Å². The van der Waals surface area contributed by atoms with Crippen molar-refractivity contribution in [1.29, 1.82) is 0 Å². The van der Waals surface area contributed by atoms with Crippen molar-refractivity contribution < 1.29 is 31.1 Å². The third-order valence-electron chi connectivity index (χ3n) is 4.10. The molecule has 140 valence electrons. The normalized spacial score (nSPS) is 15.2. The van der Waals surface area contributed by atoms with Crippen molar-refractivity contribution in [1.82, 2.24) is 15.2 Å². The monoisotopic (exact) mass is 383 g/mol. The number of aromatic nitrogens is 3. The molecule has 0 bridgehead atoms. The molecule has 0 radical (unpaired) electrons. The minimum absolute atomic E-state index is 0.0406. The van der Waals surface area contributed by atoms with Gasteiger partial charge in [-0.05, 0) is 31.0 Å². The lowest BCUT2D eigenvalue weighted by Crippen LogP contribution is -2.20. The first-order valence-electron chi connectivity index (χ1n) is 7.80. The Hall–Kier alpha value is -3.04. The lowest BCUT2D eigenvalue weighted by Gasteiger charge is -2.19. The average molecular weight is 383 g/mol. The molecule has 2 aromatic heterocycles. The fraction of sp³-hybridized carbons (Fsp3) is 0.235. The van der Waals surface area contributed by atoms with Crippen LogP contribution in [-0.2, 0) is 5.60 Å². The van der Waals surface area contributed by atoms with Crippen LogP contribution in [0.5, 0.6) is 5.88 Å². The molecule has 0 saturated heterocycles. The summed E-state index contributed by atoms with van der Waals surface area (Å²) in [5.41, 5.74) is -1.66. The molecule has 1 aromatic carbocycles. The second kappa shape index (κ2) is 6.29. The van der Waals surface area contributed by atoms with Gasteiger partial charge < -0.3 is 9.15 Å². The molecule has 0 unspecified atom stereocenters. The molecule has 10 heteroatoms. The van der Waals surface area contributed by atoms with E-state index in [0.717, 1.165) is 24.4 Å². The van der Waals surface area contributed by atoms with Crippen LogP contribution in [0.3, 0.4) is 0 Å². The zero-order valence-corrected chi connectivity index (χ0v) is 13.4. The molecule has 0 aliphatic heterocycles. The first-order chi connectivity index (χ1) is 12.9. The number of rotatable bonds is 5. The molecule has 3 aromatic rings. The van der Waals surface area contributed by atoms with E-state index in [2.05, 4.69) is 15.2 Å². The predicted molar refractivity (Wildman–Crippen MR) is 80.3 cm³/mol. The molecule has 1 saturated carbocycles. The smallest absolute Gasteiger partial charge is 0.314 e. The highest BCUT2D eigenvalue weighted by Crippen LogP contribution is 2.51. The number of alkyl halides is 2. The fourth-order valence-electron chi connectivity index (χ4n) is 2.69. The van der Waals surface area contributed by atoms with E-state index >= 15 is 0 Å². The van der Waals surface area contributed by atoms with Gasteiger partial charge in [0.25, 0.3) is 11.8 Å². The summed E-state index contributed by atoms with van der Waals surface area (Å²) < 4.78 is 77.6. The Kier molecular flexibility index (Phi) is 4.05. The number of nitrogens with zero attached hydrogens (tertiary/aromatic N) is 3. The first kappa shape index (κ1) is 17.4. The molecule has 1 aliphatic carbocycles.